The Morgan fingerprint density at radius 1 is 1.03 bits per heavy atom. The Kier molecular flexibility index (Phi) is 9.59. The molecule has 4 rings (SSSR count). The smallest absolute Gasteiger partial charge is 0.223 e. The van der Waals surface area contributed by atoms with Crippen LogP contribution in [0.4, 0.5) is 10.1 Å². The molecule has 1 heterocycles. The van der Waals surface area contributed by atoms with E-state index in [1.165, 1.54) is 6.07 Å². The maximum Gasteiger partial charge on any atom is 0.223 e. The molecule has 9 heteroatoms. The number of carbonyl (C=O) groups excluding carboxylic acids is 1. The minimum atomic E-state index is -0.226. The number of hydrogen-bond donors (Lipinski definition) is 3. The lowest BCUT2D eigenvalue weighted by molar-refractivity contribution is -0.122. The topological polar surface area (TPSA) is 84.0 Å². The fourth-order valence-electron chi connectivity index (χ4n) is 3.36. The normalized spacial score (nSPS) is 15.1. The minimum absolute atomic E-state index is 0. The number of nitrogens with one attached hydrogen (secondary N) is 3. The predicted molar refractivity (Wildman–Crippen MR) is 137 cm³/mol. The fraction of sp³-hybridized carbons (Fsp3) is 0.417. The molecule has 178 valence electrons. The van der Waals surface area contributed by atoms with Crippen LogP contribution in [0.15, 0.2) is 47.5 Å². The van der Waals surface area contributed by atoms with Crippen LogP contribution in [0.2, 0.25) is 0 Å². The van der Waals surface area contributed by atoms with Crippen molar-refractivity contribution in [3.8, 4) is 11.5 Å². The SMILES string of the molecule is I.O=C(NCCNC(=NCCc1ccccc1F)Nc1ccc2c(c1)OCCCO2)C1CC1. The third-order valence-corrected chi connectivity index (χ3v) is 5.28. The monoisotopic (exact) mass is 568 g/mol. The molecule has 7 nitrogen and oxygen atoms in total. The highest BCUT2D eigenvalue weighted by Gasteiger charge is 2.29. The van der Waals surface area contributed by atoms with Gasteiger partial charge in [0.15, 0.2) is 17.5 Å². The van der Waals surface area contributed by atoms with Crippen molar-refractivity contribution in [3.63, 3.8) is 0 Å². The number of amides is 1. The number of aliphatic imine (C=N–C) groups is 1. The summed E-state index contributed by atoms with van der Waals surface area (Å²) in [7, 11) is 0. The summed E-state index contributed by atoms with van der Waals surface area (Å²) in [5.41, 5.74) is 1.43. The summed E-state index contributed by atoms with van der Waals surface area (Å²) in [4.78, 5) is 16.4. The maximum absolute atomic E-state index is 13.9. The van der Waals surface area contributed by atoms with Crippen LogP contribution in [0.1, 0.15) is 24.8 Å². The average molecular weight is 568 g/mol. The lowest BCUT2D eigenvalue weighted by Gasteiger charge is -2.15. The highest BCUT2D eigenvalue weighted by molar-refractivity contribution is 14.0. The van der Waals surface area contributed by atoms with Crippen molar-refractivity contribution < 1.29 is 18.7 Å². The first kappa shape index (κ1) is 25.1. The van der Waals surface area contributed by atoms with E-state index < -0.39 is 0 Å². The number of fused-ring (bicyclic) bond motifs is 1. The molecule has 0 aromatic heterocycles. The second-order valence-corrected chi connectivity index (χ2v) is 7.90. The molecule has 2 aromatic carbocycles. The van der Waals surface area contributed by atoms with Crippen molar-refractivity contribution in [2.75, 3.05) is 38.2 Å². The summed E-state index contributed by atoms with van der Waals surface area (Å²) < 4.78 is 25.4. The van der Waals surface area contributed by atoms with Crippen molar-refractivity contribution in [1.82, 2.24) is 10.6 Å². The van der Waals surface area contributed by atoms with Crippen molar-refractivity contribution >= 4 is 41.5 Å². The second-order valence-electron chi connectivity index (χ2n) is 7.90. The molecule has 1 saturated carbocycles. The lowest BCUT2D eigenvalue weighted by Crippen LogP contribution is -2.38. The molecule has 0 spiro atoms. The number of benzene rings is 2. The van der Waals surface area contributed by atoms with Gasteiger partial charge in [-0.15, -0.1) is 24.0 Å². The van der Waals surface area contributed by atoms with Crippen molar-refractivity contribution in [1.29, 1.82) is 0 Å². The molecule has 0 radical (unpaired) electrons. The van der Waals surface area contributed by atoms with E-state index in [4.69, 9.17) is 9.47 Å². The number of hydrogen-bond acceptors (Lipinski definition) is 4. The van der Waals surface area contributed by atoms with E-state index in [0.717, 1.165) is 30.7 Å². The van der Waals surface area contributed by atoms with Gasteiger partial charge in [-0.25, -0.2) is 4.39 Å². The number of nitrogens with zero attached hydrogens (tertiary/aromatic N) is 1. The van der Waals surface area contributed by atoms with E-state index in [1.807, 2.05) is 24.3 Å². The van der Waals surface area contributed by atoms with Crippen LogP contribution < -0.4 is 25.4 Å². The highest BCUT2D eigenvalue weighted by atomic mass is 127. The quantitative estimate of drug-likeness (QED) is 0.196. The van der Waals surface area contributed by atoms with Crippen LogP contribution in [-0.2, 0) is 11.2 Å². The Morgan fingerprint density at radius 3 is 2.58 bits per heavy atom. The Bertz CT molecular complexity index is 968. The maximum atomic E-state index is 13.9. The number of halogens is 2. The molecule has 2 aliphatic rings. The van der Waals surface area contributed by atoms with Gasteiger partial charge in [0.1, 0.15) is 5.82 Å². The first-order valence-corrected chi connectivity index (χ1v) is 11.1. The summed E-state index contributed by atoms with van der Waals surface area (Å²) in [5, 5.41) is 9.44. The zero-order valence-corrected chi connectivity index (χ0v) is 20.8. The van der Waals surface area contributed by atoms with Gasteiger partial charge in [0.25, 0.3) is 0 Å². The van der Waals surface area contributed by atoms with E-state index in [0.29, 0.717) is 56.5 Å². The molecule has 1 aliphatic heterocycles. The van der Waals surface area contributed by atoms with Crippen molar-refractivity contribution in [3.05, 3.63) is 53.8 Å². The van der Waals surface area contributed by atoms with Gasteiger partial charge in [-0.2, -0.15) is 0 Å². The summed E-state index contributed by atoms with van der Waals surface area (Å²) in [5.74, 6) is 2.04. The van der Waals surface area contributed by atoms with Crippen molar-refractivity contribution in [2.45, 2.75) is 25.7 Å². The summed E-state index contributed by atoms with van der Waals surface area (Å²) in [6.07, 6.45) is 3.29. The van der Waals surface area contributed by atoms with E-state index in [1.54, 1.807) is 12.1 Å². The van der Waals surface area contributed by atoms with Gasteiger partial charge in [-0.1, -0.05) is 18.2 Å². The summed E-state index contributed by atoms with van der Waals surface area (Å²) >= 11 is 0. The molecule has 3 N–H and O–H groups in total. The molecule has 0 bridgehead atoms. The molecule has 0 unspecified atom stereocenters. The molecule has 1 amide bonds. The van der Waals surface area contributed by atoms with E-state index >= 15 is 0 Å². The van der Waals surface area contributed by atoms with Gasteiger partial charge >= 0.3 is 0 Å². The van der Waals surface area contributed by atoms with Crippen LogP contribution in [0.3, 0.4) is 0 Å². The molecule has 1 fully saturated rings. The van der Waals surface area contributed by atoms with Crippen LogP contribution in [-0.4, -0.2) is 44.7 Å². The predicted octanol–water partition coefficient (Wildman–Crippen LogP) is 3.73. The Hall–Kier alpha value is -2.56. The molecular formula is C24H30FIN4O3. The number of rotatable bonds is 8. The number of guanidine groups is 1. The molecule has 0 atom stereocenters. The van der Waals surface area contributed by atoms with Gasteiger partial charge in [-0.05, 0) is 43.0 Å². The lowest BCUT2D eigenvalue weighted by atomic mass is 10.1. The first-order valence-electron chi connectivity index (χ1n) is 11.1. The standard InChI is InChI=1S/C24H29FN4O3.HI/c25-20-5-2-1-4-17(20)10-11-27-24(28-13-12-26-23(30)18-6-7-18)29-19-8-9-21-22(16-19)32-15-3-14-31-21;/h1-2,4-5,8-9,16,18H,3,6-7,10-15H2,(H,26,30)(H2,27,28,29);1H. The molecule has 0 saturated heterocycles. The highest BCUT2D eigenvalue weighted by Crippen LogP contribution is 2.32. The number of ether oxygens (including phenoxy) is 2. The van der Waals surface area contributed by atoms with Gasteiger partial charge < -0.3 is 25.4 Å². The van der Waals surface area contributed by atoms with Crippen LogP contribution in [0.5, 0.6) is 11.5 Å². The van der Waals surface area contributed by atoms with Gasteiger partial charge in [-0.3, -0.25) is 9.79 Å². The Morgan fingerprint density at radius 2 is 1.79 bits per heavy atom. The average Bonchev–Trinajstić information content (AvgIpc) is 3.65. The van der Waals surface area contributed by atoms with Crippen LogP contribution in [0, 0.1) is 11.7 Å². The van der Waals surface area contributed by atoms with E-state index in [2.05, 4.69) is 20.9 Å². The number of carbonyl (C=O) groups is 1. The zero-order chi connectivity index (χ0) is 22.2. The zero-order valence-electron chi connectivity index (χ0n) is 18.4. The van der Waals surface area contributed by atoms with Crippen LogP contribution in [0.25, 0.3) is 0 Å². The van der Waals surface area contributed by atoms with Crippen molar-refractivity contribution in [2.24, 2.45) is 10.9 Å². The molecular weight excluding hydrogens is 538 g/mol. The third kappa shape index (κ3) is 7.76. The Labute approximate surface area is 210 Å². The van der Waals surface area contributed by atoms with Gasteiger partial charge in [0, 0.05) is 43.7 Å². The molecule has 2 aromatic rings. The minimum Gasteiger partial charge on any atom is -0.490 e. The largest absolute Gasteiger partial charge is 0.490 e. The third-order valence-electron chi connectivity index (χ3n) is 5.28. The van der Waals surface area contributed by atoms with E-state index in [-0.39, 0.29) is 41.6 Å². The Balaban J connectivity index is 0.00000306. The summed E-state index contributed by atoms with van der Waals surface area (Å²) in [6, 6.07) is 12.4. The van der Waals surface area contributed by atoms with Crippen LogP contribution >= 0.6 is 24.0 Å². The van der Waals surface area contributed by atoms with Gasteiger partial charge in [0.05, 0.1) is 13.2 Å². The molecule has 1 aliphatic carbocycles. The number of anilines is 1. The fourth-order valence-corrected chi connectivity index (χ4v) is 3.36. The summed E-state index contributed by atoms with van der Waals surface area (Å²) in [6.45, 7) is 2.68. The molecule has 33 heavy (non-hydrogen) atoms. The first-order chi connectivity index (χ1) is 15.7. The van der Waals surface area contributed by atoms with E-state index in [9.17, 15) is 9.18 Å². The van der Waals surface area contributed by atoms with Gasteiger partial charge in [0.2, 0.25) is 5.91 Å². The second kappa shape index (κ2) is 12.6.